The van der Waals surface area contributed by atoms with Crippen LogP contribution in [0.2, 0.25) is 5.02 Å². The van der Waals surface area contributed by atoms with E-state index in [9.17, 15) is 0 Å². The molecular weight excluding hydrogens is 332 g/mol. The van der Waals surface area contributed by atoms with Gasteiger partial charge in [0.25, 0.3) is 0 Å². The molecule has 0 amide bonds. The van der Waals surface area contributed by atoms with Crippen LogP contribution in [0.5, 0.6) is 0 Å². The van der Waals surface area contributed by atoms with Gasteiger partial charge in [0.1, 0.15) is 0 Å². The van der Waals surface area contributed by atoms with Crippen LogP contribution in [0.25, 0.3) is 0 Å². The standard InChI is InChI=1S/C18H20BrCl/c1-18(2,3)15-9-7-14(8-10-15)17(19)12-13-5-4-6-16(20)11-13/h4-11,17H,12H2,1-3H3. The van der Waals surface area contributed by atoms with Crippen molar-refractivity contribution in [3.8, 4) is 0 Å². The zero-order valence-electron chi connectivity index (χ0n) is 12.2. The Morgan fingerprint density at radius 3 is 2.25 bits per heavy atom. The maximum absolute atomic E-state index is 6.03. The number of rotatable bonds is 3. The van der Waals surface area contributed by atoms with Crippen LogP contribution in [0, 0.1) is 0 Å². The topological polar surface area (TPSA) is 0 Å². The molecule has 0 heterocycles. The summed E-state index contributed by atoms with van der Waals surface area (Å²) in [5, 5.41) is 0.797. The lowest BCUT2D eigenvalue weighted by atomic mass is 9.86. The van der Waals surface area contributed by atoms with Crippen molar-refractivity contribution in [1.29, 1.82) is 0 Å². The number of hydrogen-bond donors (Lipinski definition) is 0. The van der Waals surface area contributed by atoms with E-state index >= 15 is 0 Å². The van der Waals surface area contributed by atoms with Crippen molar-refractivity contribution in [1.82, 2.24) is 0 Å². The first-order chi connectivity index (χ1) is 9.36. The molecule has 2 rings (SSSR count). The van der Waals surface area contributed by atoms with Crippen LogP contribution in [0.15, 0.2) is 48.5 Å². The predicted molar refractivity (Wildman–Crippen MR) is 92.0 cm³/mol. The Kier molecular flexibility index (Phi) is 4.93. The van der Waals surface area contributed by atoms with Crippen molar-refractivity contribution in [2.45, 2.75) is 37.4 Å². The van der Waals surface area contributed by atoms with Gasteiger partial charge in [-0.3, -0.25) is 0 Å². The van der Waals surface area contributed by atoms with Crippen molar-refractivity contribution in [2.75, 3.05) is 0 Å². The second-order valence-corrected chi connectivity index (χ2v) is 7.72. The second-order valence-electron chi connectivity index (χ2n) is 6.17. The normalized spacial score (nSPS) is 13.2. The summed E-state index contributed by atoms with van der Waals surface area (Å²) in [6.07, 6.45) is 0.940. The molecule has 2 heteroatoms. The highest BCUT2D eigenvalue weighted by molar-refractivity contribution is 9.09. The molecule has 2 aromatic rings. The lowest BCUT2D eigenvalue weighted by molar-refractivity contribution is 0.590. The van der Waals surface area contributed by atoms with E-state index in [4.69, 9.17) is 11.6 Å². The fraction of sp³-hybridized carbons (Fsp3) is 0.333. The van der Waals surface area contributed by atoms with Crippen LogP contribution in [0.4, 0.5) is 0 Å². The minimum atomic E-state index is 0.202. The Bertz CT molecular complexity index is 567. The summed E-state index contributed by atoms with van der Waals surface area (Å²) >= 11 is 9.81. The zero-order valence-corrected chi connectivity index (χ0v) is 14.5. The van der Waals surface area contributed by atoms with Crippen LogP contribution < -0.4 is 0 Å². The molecule has 0 radical (unpaired) electrons. The van der Waals surface area contributed by atoms with E-state index in [2.05, 4.69) is 67.0 Å². The van der Waals surface area contributed by atoms with E-state index in [0.717, 1.165) is 11.4 Å². The number of halogens is 2. The van der Waals surface area contributed by atoms with Crippen LogP contribution in [-0.2, 0) is 11.8 Å². The molecule has 0 spiro atoms. The van der Waals surface area contributed by atoms with Gasteiger partial charge in [0.2, 0.25) is 0 Å². The summed E-state index contributed by atoms with van der Waals surface area (Å²) in [5.41, 5.74) is 4.12. The van der Waals surface area contributed by atoms with Gasteiger partial charge in [0.15, 0.2) is 0 Å². The van der Waals surface area contributed by atoms with Crippen LogP contribution in [-0.4, -0.2) is 0 Å². The van der Waals surface area contributed by atoms with E-state index in [1.807, 2.05) is 18.2 Å². The molecule has 20 heavy (non-hydrogen) atoms. The van der Waals surface area contributed by atoms with E-state index in [0.29, 0.717) is 4.83 Å². The summed E-state index contributed by atoms with van der Waals surface area (Å²) in [5.74, 6) is 0. The largest absolute Gasteiger partial charge is 0.0843 e. The van der Waals surface area contributed by atoms with Crippen LogP contribution in [0.3, 0.4) is 0 Å². The molecule has 1 unspecified atom stereocenters. The van der Waals surface area contributed by atoms with E-state index in [1.165, 1.54) is 16.7 Å². The first-order valence-corrected chi connectivity index (χ1v) is 8.14. The van der Waals surface area contributed by atoms with Crippen molar-refractivity contribution < 1.29 is 0 Å². The smallest absolute Gasteiger partial charge is 0.0435 e. The van der Waals surface area contributed by atoms with Gasteiger partial charge in [-0.15, -0.1) is 0 Å². The summed E-state index contributed by atoms with van der Waals surface area (Å²) < 4.78 is 0. The third kappa shape index (κ3) is 4.10. The Hall–Kier alpha value is -0.790. The summed E-state index contributed by atoms with van der Waals surface area (Å²) in [4.78, 5) is 0.315. The van der Waals surface area contributed by atoms with Crippen molar-refractivity contribution >= 4 is 27.5 Å². The van der Waals surface area contributed by atoms with Gasteiger partial charge in [0, 0.05) is 9.85 Å². The van der Waals surface area contributed by atoms with Crippen molar-refractivity contribution in [3.63, 3.8) is 0 Å². The average molecular weight is 352 g/mol. The van der Waals surface area contributed by atoms with Gasteiger partial charge in [-0.2, -0.15) is 0 Å². The van der Waals surface area contributed by atoms with E-state index < -0.39 is 0 Å². The zero-order chi connectivity index (χ0) is 14.8. The molecular formula is C18H20BrCl. The lowest BCUT2D eigenvalue weighted by Crippen LogP contribution is -2.10. The fourth-order valence-electron chi connectivity index (χ4n) is 2.18. The predicted octanol–water partition coefficient (Wildman–Crippen LogP) is 6.32. The highest BCUT2D eigenvalue weighted by atomic mass is 79.9. The first-order valence-electron chi connectivity index (χ1n) is 6.85. The molecule has 0 fully saturated rings. The van der Waals surface area contributed by atoms with Gasteiger partial charge in [-0.25, -0.2) is 0 Å². The molecule has 2 aromatic carbocycles. The summed E-state index contributed by atoms with van der Waals surface area (Å²) in [7, 11) is 0. The van der Waals surface area contributed by atoms with Gasteiger partial charge in [-0.1, -0.05) is 84.7 Å². The van der Waals surface area contributed by atoms with Gasteiger partial charge < -0.3 is 0 Å². The SMILES string of the molecule is CC(C)(C)c1ccc(C(Br)Cc2cccc(Cl)c2)cc1. The van der Waals surface area contributed by atoms with Crippen LogP contribution in [0.1, 0.15) is 42.3 Å². The molecule has 1 atom stereocenters. The van der Waals surface area contributed by atoms with Gasteiger partial charge >= 0.3 is 0 Å². The van der Waals surface area contributed by atoms with Crippen molar-refractivity contribution in [3.05, 3.63) is 70.2 Å². The third-order valence-corrected chi connectivity index (χ3v) is 4.53. The van der Waals surface area contributed by atoms with E-state index in [-0.39, 0.29) is 5.41 Å². The number of benzene rings is 2. The Morgan fingerprint density at radius 1 is 1.05 bits per heavy atom. The molecule has 0 N–H and O–H groups in total. The Labute approximate surface area is 135 Å². The molecule has 0 aliphatic heterocycles. The highest BCUT2D eigenvalue weighted by Gasteiger charge is 2.14. The fourth-order valence-corrected chi connectivity index (χ4v) is 3.07. The van der Waals surface area contributed by atoms with Gasteiger partial charge in [0.05, 0.1) is 0 Å². The minimum absolute atomic E-state index is 0.202. The number of hydrogen-bond acceptors (Lipinski definition) is 0. The van der Waals surface area contributed by atoms with Crippen LogP contribution >= 0.6 is 27.5 Å². The Morgan fingerprint density at radius 2 is 1.70 bits per heavy atom. The molecule has 106 valence electrons. The summed E-state index contributed by atoms with van der Waals surface area (Å²) in [6.45, 7) is 6.71. The quantitative estimate of drug-likeness (QED) is 0.568. The first kappa shape index (κ1) is 15.6. The van der Waals surface area contributed by atoms with Crippen molar-refractivity contribution in [2.24, 2.45) is 0 Å². The molecule has 0 bridgehead atoms. The van der Waals surface area contributed by atoms with E-state index in [1.54, 1.807) is 0 Å². The minimum Gasteiger partial charge on any atom is -0.0843 e. The lowest BCUT2D eigenvalue weighted by Gasteiger charge is -2.20. The second kappa shape index (κ2) is 6.32. The third-order valence-electron chi connectivity index (χ3n) is 3.44. The van der Waals surface area contributed by atoms with Gasteiger partial charge in [-0.05, 0) is 40.7 Å². The number of alkyl halides is 1. The molecule has 0 saturated carbocycles. The highest BCUT2D eigenvalue weighted by Crippen LogP contribution is 2.30. The average Bonchev–Trinajstić information content (AvgIpc) is 2.38. The molecule has 0 aromatic heterocycles. The maximum Gasteiger partial charge on any atom is 0.0435 e. The Balaban J connectivity index is 2.11. The molecule has 0 nitrogen and oxygen atoms in total. The molecule has 0 aliphatic rings. The molecule has 0 aliphatic carbocycles. The maximum atomic E-state index is 6.03. The molecule has 0 saturated heterocycles. The summed E-state index contributed by atoms with van der Waals surface area (Å²) in [6, 6.07) is 16.9. The monoisotopic (exact) mass is 350 g/mol.